The Morgan fingerprint density at radius 1 is 1.45 bits per heavy atom. The maximum atomic E-state index is 11.7. The molecular weight excluding hydrogens is 252 g/mol. The van der Waals surface area contributed by atoms with Crippen molar-refractivity contribution in [3.8, 4) is 0 Å². The van der Waals surface area contributed by atoms with Gasteiger partial charge in [0.2, 0.25) is 0 Å². The lowest BCUT2D eigenvalue weighted by atomic mass is 10.00. The van der Waals surface area contributed by atoms with Gasteiger partial charge in [0.1, 0.15) is 5.82 Å². The Balaban J connectivity index is 0.00000400. The highest BCUT2D eigenvalue weighted by molar-refractivity contribution is 5.83. The summed E-state index contributed by atoms with van der Waals surface area (Å²) in [5, 5.41) is 2.66. The van der Waals surface area contributed by atoms with Gasteiger partial charge in [-0.15, -0.1) is 0 Å². The molecule has 1 atom stereocenters. The molecule has 0 aromatic carbocycles. The van der Waals surface area contributed by atoms with Gasteiger partial charge in [0.05, 0.1) is 12.3 Å². The van der Waals surface area contributed by atoms with Crippen LogP contribution in [0.2, 0.25) is 0 Å². The fourth-order valence-corrected chi connectivity index (χ4v) is 1.48. The molecule has 1 amide bonds. The zero-order valence-electron chi connectivity index (χ0n) is 12.9. The Kier molecular flexibility index (Phi) is 6.22. The van der Waals surface area contributed by atoms with Crippen molar-refractivity contribution in [1.82, 2.24) is 4.98 Å². The summed E-state index contributed by atoms with van der Waals surface area (Å²) in [6.07, 6.45) is 3.37. The first kappa shape index (κ1) is 16.2. The summed E-state index contributed by atoms with van der Waals surface area (Å²) in [5.41, 5.74) is 1.91. The Morgan fingerprint density at radius 3 is 2.75 bits per heavy atom. The standard InChI is InChI=1S/C16H24N2O2.H2/c1-6-7-14-12(4)8-9-15(17-14)18-16(19)20-10-13(5)11(2)3;/h6-9,11,13H,10H2,1-5H3,(H,17,18,19);1H/b7-6-;/t13-;/m1./s1. The molecule has 1 heterocycles. The van der Waals surface area contributed by atoms with Crippen LogP contribution >= 0.6 is 0 Å². The number of carbonyl (C=O) groups excluding carboxylic acids is 1. The van der Waals surface area contributed by atoms with Crippen LogP contribution in [0.1, 0.15) is 40.4 Å². The number of nitrogens with zero attached hydrogens (tertiary/aromatic N) is 1. The summed E-state index contributed by atoms with van der Waals surface area (Å²) in [4.78, 5) is 16.1. The summed E-state index contributed by atoms with van der Waals surface area (Å²) >= 11 is 0. The summed E-state index contributed by atoms with van der Waals surface area (Å²) < 4.78 is 5.19. The van der Waals surface area contributed by atoms with Crippen LogP contribution in [0.3, 0.4) is 0 Å². The Labute approximate surface area is 122 Å². The molecule has 1 aromatic heterocycles. The summed E-state index contributed by atoms with van der Waals surface area (Å²) in [7, 11) is 0. The summed E-state index contributed by atoms with van der Waals surface area (Å²) in [5.74, 6) is 1.33. The second-order valence-corrected chi connectivity index (χ2v) is 5.34. The van der Waals surface area contributed by atoms with Gasteiger partial charge in [-0.05, 0) is 43.4 Å². The lowest BCUT2D eigenvalue weighted by Crippen LogP contribution is -2.20. The maximum absolute atomic E-state index is 11.7. The van der Waals surface area contributed by atoms with Gasteiger partial charge in [0, 0.05) is 1.43 Å². The largest absolute Gasteiger partial charge is 0.449 e. The molecule has 4 nitrogen and oxygen atoms in total. The zero-order valence-corrected chi connectivity index (χ0v) is 12.9. The van der Waals surface area contributed by atoms with Crippen LogP contribution < -0.4 is 5.32 Å². The molecule has 1 rings (SSSR count). The minimum Gasteiger partial charge on any atom is -0.449 e. The third kappa shape index (κ3) is 5.03. The molecular formula is C16H26N2O2. The first-order chi connectivity index (χ1) is 9.43. The van der Waals surface area contributed by atoms with Crippen LogP contribution in [0, 0.1) is 18.8 Å². The number of amides is 1. The van der Waals surface area contributed by atoms with Crippen molar-refractivity contribution in [1.29, 1.82) is 0 Å². The number of nitrogens with one attached hydrogen (secondary N) is 1. The number of rotatable bonds is 5. The topological polar surface area (TPSA) is 51.2 Å². The number of carbonyl (C=O) groups is 1. The molecule has 4 heteroatoms. The Morgan fingerprint density at radius 2 is 2.15 bits per heavy atom. The van der Waals surface area contributed by atoms with Gasteiger partial charge in [-0.3, -0.25) is 5.32 Å². The van der Waals surface area contributed by atoms with Crippen LogP contribution in [0.15, 0.2) is 18.2 Å². The first-order valence-electron chi connectivity index (χ1n) is 6.98. The van der Waals surface area contributed by atoms with Gasteiger partial charge >= 0.3 is 6.09 Å². The van der Waals surface area contributed by atoms with Gasteiger partial charge in [-0.2, -0.15) is 0 Å². The van der Waals surface area contributed by atoms with Crippen molar-refractivity contribution in [2.75, 3.05) is 11.9 Å². The molecule has 0 radical (unpaired) electrons. The highest BCUT2D eigenvalue weighted by Gasteiger charge is 2.11. The highest BCUT2D eigenvalue weighted by atomic mass is 16.5. The Hall–Kier alpha value is -1.84. The average molecular weight is 278 g/mol. The SMILES string of the molecule is C/C=C\c1nc(NC(=O)OC[C@@H](C)C(C)C)ccc1C.[HH]. The van der Waals surface area contributed by atoms with Crippen LogP contribution in [-0.4, -0.2) is 17.7 Å². The molecule has 0 spiro atoms. The van der Waals surface area contributed by atoms with E-state index >= 15 is 0 Å². The fourth-order valence-electron chi connectivity index (χ4n) is 1.48. The molecule has 0 fully saturated rings. The van der Waals surface area contributed by atoms with Crippen LogP contribution in [0.25, 0.3) is 6.08 Å². The van der Waals surface area contributed by atoms with Crippen LogP contribution in [0.4, 0.5) is 10.6 Å². The van der Waals surface area contributed by atoms with E-state index < -0.39 is 6.09 Å². The number of aryl methyl sites for hydroxylation is 1. The third-order valence-corrected chi connectivity index (χ3v) is 3.31. The van der Waals surface area contributed by atoms with Gasteiger partial charge in [-0.1, -0.05) is 32.9 Å². The molecule has 1 aromatic rings. The molecule has 0 unspecified atom stereocenters. The van der Waals surface area contributed by atoms with E-state index in [0.717, 1.165) is 11.3 Å². The number of ether oxygens (including phenoxy) is 1. The van der Waals surface area contributed by atoms with E-state index in [4.69, 9.17) is 4.74 Å². The lowest BCUT2D eigenvalue weighted by Gasteiger charge is -2.15. The van der Waals surface area contributed by atoms with Crippen molar-refractivity contribution >= 4 is 18.0 Å². The third-order valence-electron chi connectivity index (χ3n) is 3.31. The van der Waals surface area contributed by atoms with Crippen LogP contribution in [0.5, 0.6) is 0 Å². The van der Waals surface area contributed by atoms with E-state index in [1.807, 2.05) is 32.1 Å². The fraction of sp³-hybridized carbons (Fsp3) is 0.500. The van der Waals surface area contributed by atoms with E-state index in [0.29, 0.717) is 24.3 Å². The van der Waals surface area contributed by atoms with Crippen molar-refractivity contribution in [3.05, 3.63) is 29.5 Å². The minimum atomic E-state index is -0.458. The van der Waals surface area contributed by atoms with Gasteiger partial charge in [0.15, 0.2) is 0 Å². The van der Waals surface area contributed by atoms with Crippen molar-refractivity contribution < 1.29 is 11.0 Å². The quantitative estimate of drug-likeness (QED) is 0.862. The highest BCUT2D eigenvalue weighted by Crippen LogP contribution is 2.13. The predicted molar refractivity (Wildman–Crippen MR) is 84.8 cm³/mol. The minimum absolute atomic E-state index is 0. The first-order valence-corrected chi connectivity index (χ1v) is 6.98. The molecule has 112 valence electrons. The normalized spacial score (nSPS) is 12.7. The van der Waals surface area contributed by atoms with E-state index in [1.165, 1.54) is 0 Å². The summed E-state index contributed by atoms with van der Waals surface area (Å²) in [6, 6.07) is 3.70. The number of anilines is 1. The zero-order chi connectivity index (χ0) is 15.1. The lowest BCUT2D eigenvalue weighted by molar-refractivity contribution is 0.133. The predicted octanol–water partition coefficient (Wildman–Crippen LogP) is 4.51. The van der Waals surface area contributed by atoms with Crippen molar-refractivity contribution in [2.45, 2.75) is 34.6 Å². The molecule has 0 aliphatic carbocycles. The average Bonchev–Trinajstić information content (AvgIpc) is 2.40. The number of hydrogen-bond donors (Lipinski definition) is 1. The molecule has 0 aliphatic rings. The van der Waals surface area contributed by atoms with Gasteiger partial charge in [0.25, 0.3) is 0 Å². The monoisotopic (exact) mass is 278 g/mol. The number of aromatic nitrogens is 1. The second kappa shape index (κ2) is 7.68. The number of pyridine rings is 1. The smallest absolute Gasteiger partial charge is 0.412 e. The number of allylic oxidation sites excluding steroid dienone is 1. The van der Waals surface area contributed by atoms with Crippen molar-refractivity contribution in [3.63, 3.8) is 0 Å². The maximum Gasteiger partial charge on any atom is 0.412 e. The molecule has 0 saturated carbocycles. The second-order valence-electron chi connectivity index (χ2n) is 5.34. The molecule has 0 aliphatic heterocycles. The summed E-state index contributed by atoms with van der Waals surface area (Å²) in [6.45, 7) is 10.6. The van der Waals surface area contributed by atoms with E-state index in [2.05, 4.69) is 31.1 Å². The van der Waals surface area contributed by atoms with E-state index in [1.54, 1.807) is 6.07 Å². The Bertz CT molecular complexity index is 487. The molecule has 20 heavy (non-hydrogen) atoms. The van der Waals surface area contributed by atoms with Crippen molar-refractivity contribution in [2.24, 2.45) is 11.8 Å². The van der Waals surface area contributed by atoms with E-state index in [9.17, 15) is 4.79 Å². The number of hydrogen-bond acceptors (Lipinski definition) is 3. The van der Waals surface area contributed by atoms with Gasteiger partial charge < -0.3 is 4.74 Å². The van der Waals surface area contributed by atoms with Gasteiger partial charge in [-0.25, -0.2) is 9.78 Å². The van der Waals surface area contributed by atoms with Crippen LogP contribution in [-0.2, 0) is 4.74 Å². The molecule has 0 bridgehead atoms. The van der Waals surface area contributed by atoms with E-state index in [-0.39, 0.29) is 1.43 Å². The molecule has 0 saturated heterocycles. The molecule has 1 N–H and O–H groups in total.